The predicted molar refractivity (Wildman–Crippen MR) is 93.5 cm³/mol. The van der Waals surface area contributed by atoms with Crippen LogP contribution < -0.4 is 5.32 Å². The molecule has 3 aromatic rings. The molecular weight excluding hydrogens is 326 g/mol. The van der Waals surface area contributed by atoms with Gasteiger partial charge >= 0.3 is 6.09 Å². The van der Waals surface area contributed by atoms with Gasteiger partial charge in [-0.3, -0.25) is 9.69 Å². The molecule has 2 heterocycles. The van der Waals surface area contributed by atoms with Crippen molar-refractivity contribution in [2.24, 2.45) is 0 Å². The lowest BCUT2D eigenvalue weighted by Crippen LogP contribution is -2.42. The highest BCUT2D eigenvalue weighted by Gasteiger charge is 2.34. The van der Waals surface area contributed by atoms with Crippen LogP contribution in [-0.4, -0.2) is 39.6 Å². The molecule has 24 heavy (non-hydrogen) atoms. The zero-order chi connectivity index (χ0) is 16.7. The van der Waals surface area contributed by atoms with E-state index < -0.39 is 12.1 Å². The third kappa shape index (κ3) is 2.46. The van der Waals surface area contributed by atoms with Crippen LogP contribution in [0, 0.1) is 0 Å². The first-order valence-corrected chi connectivity index (χ1v) is 8.54. The number of rotatable bonds is 2. The van der Waals surface area contributed by atoms with Gasteiger partial charge in [-0.1, -0.05) is 41.7 Å². The Hall–Kier alpha value is -2.67. The summed E-state index contributed by atoms with van der Waals surface area (Å²) in [7, 11) is 0. The fourth-order valence-electron chi connectivity index (χ4n) is 3.17. The number of fused-ring (bicyclic) bond motifs is 3. The molecule has 2 N–H and O–H groups in total. The van der Waals surface area contributed by atoms with Crippen molar-refractivity contribution in [3.63, 3.8) is 0 Å². The second kappa shape index (κ2) is 5.76. The standard InChI is InChI=1S/C17H15N3O3S/c21-15(13-6-3-9-20(13)17(22)23)19-16-18-12-8-7-10-4-1-2-5-11(10)14(12)24-16/h1-2,4-5,7-8,13H,3,6,9H2,(H,22,23)(H,18,19,21)/t13-/m1/s1. The number of nitrogens with one attached hydrogen (secondary N) is 1. The van der Waals surface area contributed by atoms with Gasteiger partial charge in [-0.2, -0.15) is 0 Å². The number of carbonyl (C=O) groups is 2. The van der Waals surface area contributed by atoms with Crippen molar-refractivity contribution in [3.8, 4) is 0 Å². The highest BCUT2D eigenvalue weighted by molar-refractivity contribution is 7.23. The summed E-state index contributed by atoms with van der Waals surface area (Å²) in [6.07, 6.45) is 0.198. The van der Waals surface area contributed by atoms with Crippen LogP contribution in [0.1, 0.15) is 12.8 Å². The fourth-order valence-corrected chi connectivity index (χ4v) is 4.17. The number of hydrogen-bond acceptors (Lipinski definition) is 4. The van der Waals surface area contributed by atoms with Gasteiger partial charge in [0.15, 0.2) is 5.13 Å². The number of thiazole rings is 1. The van der Waals surface area contributed by atoms with Crippen molar-refractivity contribution < 1.29 is 14.7 Å². The first-order chi connectivity index (χ1) is 11.6. The molecule has 1 aliphatic heterocycles. The molecule has 0 radical (unpaired) electrons. The minimum absolute atomic E-state index is 0.307. The Bertz CT molecular complexity index is 953. The first-order valence-electron chi connectivity index (χ1n) is 7.72. The number of amides is 2. The summed E-state index contributed by atoms with van der Waals surface area (Å²) in [5, 5.41) is 14.7. The minimum atomic E-state index is -1.05. The van der Waals surface area contributed by atoms with Crippen LogP contribution in [-0.2, 0) is 4.79 Å². The van der Waals surface area contributed by atoms with Crippen molar-refractivity contribution in [1.29, 1.82) is 0 Å². The lowest BCUT2D eigenvalue weighted by atomic mass is 10.1. The molecule has 1 aliphatic rings. The van der Waals surface area contributed by atoms with E-state index >= 15 is 0 Å². The van der Waals surface area contributed by atoms with Gasteiger partial charge in [0.2, 0.25) is 5.91 Å². The van der Waals surface area contributed by atoms with Gasteiger partial charge in [-0.05, 0) is 24.3 Å². The zero-order valence-corrected chi connectivity index (χ0v) is 13.5. The van der Waals surface area contributed by atoms with Crippen LogP contribution in [0.2, 0.25) is 0 Å². The molecule has 1 fully saturated rings. The molecule has 6 nitrogen and oxygen atoms in total. The number of carboxylic acid groups (broad SMARTS) is 1. The largest absolute Gasteiger partial charge is 0.465 e. The highest BCUT2D eigenvalue weighted by atomic mass is 32.1. The molecule has 1 saturated heterocycles. The van der Waals surface area contributed by atoms with E-state index in [1.807, 2.05) is 36.4 Å². The maximum atomic E-state index is 12.4. The Balaban J connectivity index is 1.64. The number of benzene rings is 2. The van der Waals surface area contributed by atoms with Gasteiger partial charge in [0, 0.05) is 11.9 Å². The molecule has 7 heteroatoms. The SMILES string of the molecule is O=C(Nc1nc2ccc3ccccc3c2s1)[C@H]1CCCN1C(=O)O. The summed E-state index contributed by atoms with van der Waals surface area (Å²) in [6, 6.07) is 11.3. The topological polar surface area (TPSA) is 82.5 Å². The number of anilines is 1. The maximum absolute atomic E-state index is 12.4. The third-order valence-electron chi connectivity index (χ3n) is 4.31. The molecule has 0 bridgehead atoms. The van der Waals surface area contributed by atoms with Gasteiger partial charge in [-0.15, -0.1) is 0 Å². The van der Waals surface area contributed by atoms with Crippen LogP contribution in [0.4, 0.5) is 9.93 Å². The number of nitrogens with zero attached hydrogens (tertiary/aromatic N) is 2. The third-order valence-corrected chi connectivity index (χ3v) is 5.33. The average molecular weight is 341 g/mol. The van der Waals surface area contributed by atoms with E-state index in [-0.39, 0.29) is 5.91 Å². The van der Waals surface area contributed by atoms with E-state index in [0.717, 1.165) is 21.0 Å². The van der Waals surface area contributed by atoms with Gasteiger partial charge in [0.25, 0.3) is 0 Å². The van der Waals surface area contributed by atoms with Gasteiger partial charge in [-0.25, -0.2) is 9.78 Å². The molecule has 1 atom stereocenters. The Labute approximate surface area is 141 Å². The summed E-state index contributed by atoms with van der Waals surface area (Å²) in [6.45, 7) is 0.401. The first kappa shape index (κ1) is 14.9. The Morgan fingerprint density at radius 3 is 2.92 bits per heavy atom. The summed E-state index contributed by atoms with van der Waals surface area (Å²) in [5.41, 5.74) is 0.829. The quantitative estimate of drug-likeness (QED) is 0.747. The molecule has 0 aliphatic carbocycles. The lowest BCUT2D eigenvalue weighted by Gasteiger charge is -2.19. The van der Waals surface area contributed by atoms with E-state index in [1.54, 1.807) is 0 Å². The van der Waals surface area contributed by atoms with E-state index in [9.17, 15) is 9.59 Å². The Morgan fingerprint density at radius 2 is 2.08 bits per heavy atom. The van der Waals surface area contributed by atoms with Crippen molar-refractivity contribution in [3.05, 3.63) is 36.4 Å². The van der Waals surface area contributed by atoms with Gasteiger partial charge in [0.05, 0.1) is 10.2 Å². The zero-order valence-electron chi connectivity index (χ0n) is 12.7. The summed E-state index contributed by atoms with van der Waals surface area (Å²) < 4.78 is 1.02. The van der Waals surface area contributed by atoms with Crippen molar-refractivity contribution >= 4 is 49.5 Å². The number of aromatic nitrogens is 1. The van der Waals surface area contributed by atoms with Crippen LogP contribution in [0.25, 0.3) is 21.0 Å². The molecule has 2 amide bonds. The van der Waals surface area contributed by atoms with Crippen molar-refractivity contribution in [1.82, 2.24) is 9.88 Å². The summed E-state index contributed by atoms with van der Waals surface area (Å²) in [4.78, 5) is 29.3. The van der Waals surface area contributed by atoms with Crippen molar-refractivity contribution in [2.45, 2.75) is 18.9 Å². The molecular formula is C17H15N3O3S. The molecule has 0 unspecified atom stereocenters. The molecule has 122 valence electrons. The van der Waals surface area contributed by atoms with Crippen molar-refractivity contribution in [2.75, 3.05) is 11.9 Å². The van der Waals surface area contributed by atoms with E-state index in [2.05, 4.69) is 10.3 Å². The summed E-state index contributed by atoms with van der Waals surface area (Å²) >= 11 is 1.41. The van der Waals surface area contributed by atoms with Crippen LogP contribution in [0.5, 0.6) is 0 Å². The normalized spacial score (nSPS) is 17.5. The van der Waals surface area contributed by atoms with E-state index in [4.69, 9.17) is 5.11 Å². The monoisotopic (exact) mass is 341 g/mol. The predicted octanol–water partition coefficient (Wildman–Crippen LogP) is 3.53. The number of hydrogen-bond donors (Lipinski definition) is 2. The molecule has 4 rings (SSSR count). The second-order valence-electron chi connectivity index (χ2n) is 5.78. The second-order valence-corrected chi connectivity index (χ2v) is 6.78. The maximum Gasteiger partial charge on any atom is 0.407 e. The lowest BCUT2D eigenvalue weighted by molar-refractivity contribution is -0.119. The molecule has 2 aromatic carbocycles. The molecule has 0 spiro atoms. The van der Waals surface area contributed by atoms with E-state index in [1.165, 1.54) is 16.2 Å². The summed E-state index contributed by atoms with van der Waals surface area (Å²) in [5.74, 6) is -0.307. The fraction of sp³-hybridized carbons (Fsp3) is 0.235. The van der Waals surface area contributed by atoms with Crippen LogP contribution >= 0.6 is 11.3 Å². The smallest absolute Gasteiger partial charge is 0.407 e. The average Bonchev–Trinajstić information content (AvgIpc) is 3.21. The van der Waals surface area contributed by atoms with Gasteiger partial charge in [0.1, 0.15) is 6.04 Å². The van der Waals surface area contributed by atoms with E-state index in [0.29, 0.717) is 24.5 Å². The van der Waals surface area contributed by atoms with Gasteiger partial charge < -0.3 is 10.4 Å². The Morgan fingerprint density at radius 1 is 1.25 bits per heavy atom. The minimum Gasteiger partial charge on any atom is -0.465 e. The Kier molecular flexibility index (Phi) is 3.57. The highest BCUT2D eigenvalue weighted by Crippen LogP contribution is 2.33. The van der Waals surface area contributed by atoms with Crippen LogP contribution in [0.15, 0.2) is 36.4 Å². The molecule has 0 saturated carbocycles. The molecule has 1 aromatic heterocycles. The number of carbonyl (C=O) groups excluding carboxylic acids is 1. The van der Waals surface area contributed by atoms with Crippen LogP contribution in [0.3, 0.4) is 0 Å². The number of likely N-dealkylation sites (tertiary alicyclic amines) is 1.